The third-order valence-electron chi connectivity index (χ3n) is 5.20. The van der Waals surface area contributed by atoms with Crippen molar-refractivity contribution in [2.45, 2.75) is 25.6 Å². The SMILES string of the molecule is CCC(CNc1ncc(C(F)(F)F)cn1)N(C)C(=O)c1nc(N(C)C)cc2ccccc12. The minimum Gasteiger partial charge on any atom is -0.363 e. The van der Waals surface area contributed by atoms with Crippen molar-refractivity contribution >= 4 is 28.4 Å². The summed E-state index contributed by atoms with van der Waals surface area (Å²) < 4.78 is 38.0. The lowest BCUT2D eigenvalue weighted by molar-refractivity contribution is -0.138. The standard InChI is InChI=1S/C22H25F3N6O/c1-5-16(13-28-21-26-11-15(12-27-21)22(23,24)25)31(4)20(32)19-17-9-7-6-8-14(17)10-18(29-19)30(2)3/h6-12,16H,5,13H2,1-4H3,(H,26,27,28). The van der Waals surface area contributed by atoms with E-state index in [9.17, 15) is 18.0 Å². The number of halogens is 3. The molecule has 1 N–H and O–H groups in total. The Morgan fingerprint density at radius 1 is 1.12 bits per heavy atom. The molecule has 2 heterocycles. The smallest absolute Gasteiger partial charge is 0.363 e. The highest BCUT2D eigenvalue weighted by Gasteiger charge is 2.31. The van der Waals surface area contributed by atoms with Gasteiger partial charge in [-0.05, 0) is 17.9 Å². The fraction of sp³-hybridized carbons (Fsp3) is 0.364. The molecule has 3 aromatic rings. The topological polar surface area (TPSA) is 74.2 Å². The fourth-order valence-corrected chi connectivity index (χ4v) is 3.24. The second kappa shape index (κ2) is 9.37. The van der Waals surface area contributed by atoms with E-state index in [1.807, 2.05) is 56.3 Å². The number of nitrogens with one attached hydrogen (secondary N) is 1. The average molecular weight is 446 g/mol. The number of amides is 1. The zero-order chi connectivity index (χ0) is 23.5. The van der Waals surface area contributed by atoms with Crippen LogP contribution in [0.1, 0.15) is 29.4 Å². The highest BCUT2D eigenvalue weighted by atomic mass is 19.4. The van der Waals surface area contributed by atoms with Crippen molar-refractivity contribution in [1.29, 1.82) is 0 Å². The van der Waals surface area contributed by atoms with Crippen LogP contribution >= 0.6 is 0 Å². The summed E-state index contributed by atoms with van der Waals surface area (Å²) in [6.45, 7) is 2.20. The first-order valence-corrected chi connectivity index (χ1v) is 10.1. The fourth-order valence-electron chi connectivity index (χ4n) is 3.24. The van der Waals surface area contributed by atoms with Gasteiger partial charge in [0.05, 0.1) is 5.56 Å². The molecule has 0 spiro atoms. The largest absolute Gasteiger partial charge is 0.419 e. The third kappa shape index (κ3) is 5.06. The van der Waals surface area contributed by atoms with Crippen LogP contribution in [-0.2, 0) is 6.18 Å². The predicted molar refractivity (Wildman–Crippen MR) is 118 cm³/mol. The van der Waals surface area contributed by atoms with Gasteiger partial charge >= 0.3 is 6.18 Å². The number of hydrogen-bond donors (Lipinski definition) is 1. The van der Waals surface area contributed by atoms with Gasteiger partial charge in [0.1, 0.15) is 11.5 Å². The molecule has 2 aromatic heterocycles. The number of carbonyl (C=O) groups excluding carboxylic acids is 1. The van der Waals surface area contributed by atoms with Gasteiger partial charge < -0.3 is 15.1 Å². The van der Waals surface area contributed by atoms with Crippen LogP contribution in [0.2, 0.25) is 0 Å². The van der Waals surface area contributed by atoms with Gasteiger partial charge in [0.25, 0.3) is 5.91 Å². The maximum Gasteiger partial charge on any atom is 0.419 e. The maximum atomic E-state index is 13.4. The molecule has 32 heavy (non-hydrogen) atoms. The molecule has 0 radical (unpaired) electrons. The number of aromatic nitrogens is 3. The van der Waals surface area contributed by atoms with Crippen LogP contribution < -0.4 is 10.2 Å². The van der Waals surface area contributed by atoms with E-state index in [2.05, 4.69) is 20.3 Å². The van der Waals surface area contributed by atoms with Crippen LogP contribution in [0.15, 0.2) is 42.7 Å². The lowest BCUT2D eigenvalue weighted by atomic mass is 10.1. The summed E-state index contributed by atoms with van der Waals surface area (Å²) in [5.41, 5.74) is -0.570. The summed E-state index contributed by atoms with van der Waals surface area (Å²) in [5, 5.41) is 4.58. The predicted octanol–water partition coefficient (Wildman–Crippen LogP) is 4.07. The van der Waals surface area contributed by atoms with Crippen molar-refractivity contribution in [3.8, 4) is 0 Å². The normalized spacial score (nSPS) is 12.5. The molecule has 10 heteroatoms. The summed E-state index contributed by atoms with van der Waals surface area (Å²) in [6, 6.07) is 9.23. The number of benzene rings is 1. The Bertz CT molecular complexity index is 1090. The molecule has 170 valence electrons. The first-order chi connectivity index (χ1) is 15.1. The molecule has 1 aromatic carbocycles. The summed E-state index contributed by atoms with van der Waals surface area (Å²) in [5.74, 6) is 0.493. The van der Waals surface area contributed by atoms with E-state index >= 15 is 0 Å². The number of hydrogen-bond acceptors (Lipinski definition) is 6. The van der Waals surface area contributed by atoms with Crippen molar-refractivity contribution < 1.29 is 18.0 Å². The van der Waals surface area contributed by atoms with Crippen LogP contribution in [-0.4, -0.2) is 59.5 Å². The van der Waals surface area contributed by atoms with E-state index in [1.54, 1.807) is 11.9 Å². The van der Waals surface area contributed by atoms with Crippen molar-refractivity contribution in [1.82, 2.24) is 19.9 Å². The van der Waals surface area contributed by atoms with Crippen LogP contribution in [0.25, 0.3) is 10.8 Å². The lowest BCUT2D eigenvalue weighted by Gasteiger charge is -2.28. The Morgan fingerprint density at radius 2 is 1.78 bits per heavy atom. The molecule has 1 atom stereocenters. The van der Waals surface area contributed by atoms with E-state index in [1.165, 1.54) is 0 Å². The molecule has 7 nitrogen and oxygen atoms in total. The number of alkyl halides is 3. The summed E-state index contributed by atoms with van der Waals surface area (Å²) in [7, 11) is 5.40. The lowest BCUT2D eigenvalue weighted by Crippen LogP contribution is -2.41. The van der Waals surface area contributed by atoms with Crippen molar-refractivity contribution in [3.63, 3.8) is 0 Å². The van der Waals surface area contributed by atoms with E-state index < -0.39 is 11.7 Å². The number of anilines is 2. The monoisotopic (exact) mass is 446 g/mol. The zero-order valence-electron chi connectivity index (χ0n) is 18.3. The molecule has 0 aliphatic carbocycles. The van der Waals surface area contributed by atoms with Crippen molar-refractivity contribution in [3.05, 3.63) is 54.0 Å². The number of likely N-dealkylation sites (N-methyl/N-ethyl adjacent to an activating group) is 1. The maximum absolute atomic E-state index is 13.4. The Balaban J connectivity index is 1.79. The van der Waals surface area contributed by atoms with E-state index in [4.69, 9.17) is 0 Å². The van der Waals surface area contributed by atoms with Gasteiger partial charge in [-0.2, -0.15) is 13.2 Å². The molecule has 1 unspecified atom stereocenters. The number of carbonyl (C=O) groups is 1. The van der Waals surface area contributed by atoms with Crippen LogP contribution in [0.5, 0.6) is 0 Å². The van der Waals surface area contributed by atoms with Gasteiger partial charge in [-0.3, -0.25) is 4.79 Å². The van der Waals surface area contributed by atoms with Gasteiger partial charge in [0, 0.05) is 51.5 Å². The first-order valence-electron chi connectivity index (χ1n) is 10.1. The number of fused-ring (bicyclic) bond motifs is 1. The van der Waals surface area contributed by atoms with E-state index in [0.29, 0.717) is 17.9 Å². The van der Waals surface area contributed by atoms with Gasteiger partial charge in [0.15, 0.2) is 0 Å². The molecule has 3 rings (SSSR count). The van der Waals surface area contributed by atoms with Crippen molar-refractivity contribution in [2.24, 2.45) is 0 Å². The van der Waals surface area contributed by atoms with Gasteiger partial charge in [-0.25, -0.2) is 15.0 Å². The second-order valence-electron chi connectivity index (χ2n) is 7.60. The molecule has 0 fully saturated rings. The Labute approximate surface area is 184 Å². The third-order valence-corrected chi connectivity index (χ3v) is 5.20. The second-order valence-corrected chi connectivity index (χ2v) is 7.60. The Hall–Kier alpha value is -3.43. The molecule has 0 saturated carbocycles. The van der Waals surface area contributed by atoms with Crippen LogP contribution in [0.3, 0.4) is 0 Å². The summed E-state index contributed by atoms with van der Waals surface area (Å²) in [4.78, 5) is 28.8. The minimum atomic E-state index is -4.49. The highest BCUT2D eigenvalue weighted by Crippen LogP contribution is 2.28. The molecule has 0 aliphatic rings. The van der Waals surface area contributed by atoms with Gasteiger partial charge in [-0.1, -0.05) is 31.2 Å². The van der Waals surface area contributed by atoms with Gasteiger partial charge in [-0.15, -0.1) is 0 Å². The molecule has 0 saturated heterocycles. The zero-order valence-corrected chi connectivity index (χ0v) is 18.3. The Kier molecular flexibility index (Phi) is 6.81. The van der Waals surface area contributed by atoms with Crippen molar-refractivity contribution in [2.75, 3.05) is 37.9 Å². The molecule has 0 bridgehead atoms. The average Bonchev–Trinajstić information content (AvgIpc) is 2.77. The molecule has 1 amide bonds. The Morgan fingerprint density at radius 3 is 2.38 bits per heavy atom. The summed E-state index contributed by atoms with van der Waals surface area (Å²) in [6.07, 6.45) is -2.42. The number of nitrogens with zero attached hydrogens (tertiary/aromatic N) is 5. The minimum absolute atomic E-state index is 0.0653. The van der Waals surface area contributed by atoms with Crippen LogP contribution in [0, 0.1) is 0 Å². The first kappa shape index (κ1) is 23.2. The molecular weight excluding hydrogens is 421 g/mol. The molecular formula is C22H25F3N6O. The van der Waals surface area contributed by atoms with Crippen LogP contribution in [0.4, 0.5) is 24.9 Å². The van der Waals surface area contributed by atoms with Gasteiger partial charge in [0.2, 0.25) is 5.95 Å². The number of rotatable bonds is 7. The number of pyridine rings is 1. The quantitative estimate of drug-likeness (QED) is 0.590. The highest BCUT2D eigenvalue weighted by molar-refractivity contribution is 6.06. The van der Waals surface area contributed by atoms with E-state index in [-0.39, 0.29) is 24.4 Å². The summed E-state index contributed by atoms with van der Waals surface area (Å²) >= 11 is 0. The molecule has 0 aliphatic heterocycles. The van der Waals surface area contributed by atoms with E-state index in [0.717, 1.165) is 23.2 Å².